The first-order valence-electron chi connectivity index (χ1n) is 7.45. The Morgan fingerprint density at radius 2 is 2.09 bits per heavy atom. The highest BCUT2D eigenvalue weighted by Crippen LogP contribution is 2.24. The van der Waals surface area contributed by atoms with E-state index in [1.165, 1.54) is 6.92 Å². The lowest BCUT2D eigenvalue weighted by molar-refractivity contribution is -0.118. The Kier molecular flexibility index (Phi) is 5.47. The van der Waals surface area contributed by atoms with Crippen molar-refractivity contribution >= 4 is 23.1 Å². The predicted molar refractivity (Wildman–Crippen MR) is 87.9 cm³/mol. The van der Waals surface area contributed by atoms with Crippen LogP contribution in [-0.4, -0.2) is 30.0 Å². The number of hydrogen-bond donors (Lipinski definition) is 1. The maximum Gasteiger partial charge on any atom is 0.267 e. The molecule has 0 aromatic heterocycles. The van der Waals surface area contributed by atoms with Crippen LogP contribution in [0, 0.1) is 0 Å². The van der Waals surface area contributed by atoms with E-state index in [0.29, 0.717) is 18.7 Å². The van der Waals surface area contributed by atoms with Crippen molar-refractivity contribution in [3.05, 3.63) is 42.5 Å². The van der Waals surface area contributed by atoms with Crippen LogP contribution >= 0.6 is 0 Å². The number of anilines is 1. The molecule has 0 saturated heterocycles. The van der Waals surface area contributed by atoms with Gasteiger partial charge in [0.1, 0.15) is 11.8 Å². The second kappa shape index (κ2) is 7.54. The third kappa shape index (κ3) is 3.81. The van der Waals surface area contributed by atoms with Gasteiger partial charge in [-0.05, 0) is 32.4 Å². The monoisotopic (exact) mass is 299 g/mol. The topological polar surface area (TPSA) is 61.8 Å². The average molecular weight is 299 g/mol. The molecule has 5 nitrogen and oxygen atoms in total. The average Bonchev–Trinajstić information content (AvgIpc) is 2.98. The number of carbonyl (C=O) groups excluding carboxylic acids is 2. The van der Waals surface area contributed by atoms with E-state index in [4.69, 9.17) is 0 Å². The smallest absolute Gasteiger partial charge is 0.267 e. The molecule has 1 atom stereocenters. The summed E-state index contributed by atoms with van der Waals surface area (Å²) >= 11 is 0. The lowest BCUT2D eigenvalue weighted by Crippen LogP contribution is -2.34. The Morgan fingerprint density at radius 1 is 1.36 bits per heavy atom. The first kappa shape index (κ1) is 15.9. The van der Waals surface area contributed by atoms with E-state index in [2.05, 4.69) is 10.4 Å². The number of nitrogens with zero attached hydrogens (tertiary/aromatic N) is 2. The fourth-order valence-corrected chi connectivity index (χ4v) is 2.32. The van der Waals surface area contributed by atoms with Gasteiger partial charge in [-0.3, -0.25) is 14.6 Å². The number of hydrazone groups is 1. The van der Waals surface area contributed by atoms with Gasteiger partial charge in [-0.15, -0.1) is 0 Å². The van der Waals surface area contributed by atoms with Crippen LogP contribution < -0.4 is 10.3 Å². The van der Waals surface area contributed by atoms with E-state index < -0.39 is 6.04 Å². The van der Waals surface area contributed by atoms with E-state index in [1.54, 1.807) is 5.01 Å². The van der Waals surface area contributed by atoms with Gasteiger partial charge in [0.25, 0.3) is 5.91 Å². The standard InChI is InChI=1S/C17H21N3O2/c1-3-4-8-11-18-17(22)15-12-16(13(2)21)20(19-15)14-9-6-5-7-10-14/h3-7,9-10,16H,8,11-12H2,1-2H3,(H,18,22)/b4-3+. The third-order valence-electron chi connectivity index (χ3n) is 3.49. The Labute approximate surface area is 130 Å². The SMILES string of the molecule is C/C=C/CCNC(=O)C1=NN(c2ccccc2)C(C(C)=O)C1. The quantitative estimate of drug-likeness (QED) is 0.647. The zero-order valence-electron chi connectivity index (χ0n) is 13.0. The zero-order chi connectivity index (χ0) is 15.9. The van der Waals surface area contributed by atoms with Crippen LogP contribution in [-0.2, 0) is 9.59 Å². The largest absolute Gasteiger partial charge is 0.351 e. The second-order valence-electron chi connectivity index (χ2n) is 5.17. The van der Waals surface area contributed by atoms with Crippen molar-refractivity contribution in [1.82, 2.24) is 5.32 Å². The van der Waals surface area contributed by atoms with Crippen molar-refractivity contribution in [1.29, 1.82) is 0 Å². The van der Waals surface area contributed by atoms with Gasteiger partial charge in [0.15, 0.2) is 5.78 Å². The lowest BCUT2D eigenvalue weighted by atomic mass is 10.1. The molecular formula is C17H21N3O2. The molecule has 1 heterocycles. The minimum atomic E-state index is -0.404. The van der Waals surface area contributed by atoms with Crippen molar-refractivity contribution in [2.24, 2.45) is 5.10 Å². The number of benzene rings is 1. The molecule has 1 aliphatic heterocycles. The molecule has 1 N–H and O–H groups in total. The van der Waals surface area contributed by atoms with Crippen molar-refractivity contribution in [2.45, 2.75) is 32.7 Å². The highest BCUT2D eigenvalue weighted by Gasteiger charge is 2.33. The van der Waals surface area contributed by atoms with Crippen molar-refractivity contribution in [2.75, 3.05) is 11.6 Å². The molecule has 1 amide bonds. The molecule has 0 saturated carbocycles. The summed E-state index contributed by atoms with van der Waals surface area (Å²) in [6.07, 6.45) is 5.07. The van der Waals surface area contributed by atoms with Gasteiger partial charge in [0.2, 0.25) is 0 Å². The fraction of sp³-hybridized carbons (Fsp3) is 0.353. The highest BCUT2D eigenvalue weighted by molar-refractivity contribution is 6.40. The predicted octanol–water partition coefficient (Wildman–Crippen LogP) is 2.29. The maximum absolute atomic E-state index is 12.1. The van der Waals surface area contributed by atoms with Crippen LogP contribution in [0.25, 0.3) is 0 Å². The first-order valence-corrected chi connectivity index (χ1v) is 7.45. The van der Waals surface area contributed by atoms with E-state index in [1.807, 2.05) is 49.4 Å². The van der Waals surface area contributed by atoms with Crippen molar-refractivity contribution in [3.63, 3.8) is 0 Å². The van der Waals surface area contributed by atoms with Gasteiger partial charge < -0.3 is 5.32 Å². The minimum absolute atomic E-state index is 0.00400. The molecule has 0 aliphatic carbocycles. The van der Waals surface area contributed by atoms with Gasteiger partial charge in [-0.25, -0.2) is 0 Å². The van der Waals surface area contributed by atoms with Crippen LogP contribution in [0.4, 0.5) is 5.69 Å². The molecule has 2 rings (SSSR count). The molecular weight excluding hydrogens is 278 g/mol. The van der Waals surface area contributed by atoms with Crippen LogP contribution in [0.5, 0.6) is 0 Å². The Morgan fingerprint density at radius 3 is 2.73 bits per heavy atom. The number of rotatable bonds is 6. The van der Waals surface area contributed by atoms with E-state index >= 15 is 0 Å². The summed E-state index contributed by atoms with van der Waals surface area (Å²) in [7, 11) is 0. The number of Topliss-reactive ketones (excluding diaryl/α,β-unsaturated/α-hetero) is 1. The first-order chi connectivity index (χ1) is 10.6. The molecule has 1 unspecified atom stereocenters. The normalized spacial score (nSPS) is 17.6. The van der Waals surface area contributed by atoms with Crippen LogP contribution in [0.1, 0.15) is 26.7 Å². The van der Waals surface area contributed by atoms with E-state index in [9.17, 15) is 9.59 Å². The van der Waals surface area contributed by atoms with E-state index in [0.717, 1.165) is 12.1 Å². The fourth-order valence-electron chi connectivity index (χ4n) is 2.32. The summed E-state index contributed by atoms with van der Waals surface area (Å²) in [6, 6.07) is 9.03. The summed E-state index contributed by atoms with van der Waals surface area (Å²) in [4.78, 5) is 24.0. The molecule has 0 spiro atoms. The number of nitrogens with one attached hydrogen (secondary N) is 1. The number of hydrogen-bond acceptors (Lipinski definition) is 4. The van der Waals surface area contributed by atoms with Gasteiger partial charge in [0.05, 0.1) is 5.69 Å². The van der Waals surface area contributed by atoms with Gasteiger partial charge >= 0.3 is 0 Å². The molecule has 1 aromatic rings. The van der Waals surface area contributed by atoms with Crippen LogP contribution in [0.15, 0.2) is 47.6 Å². The molecule has 1 aromatic carbocycles. The lowest BCUT2D eigenvalue weighted by Gasteiger charge is -2.20. The van der Waals surface area contributed by atoms with Crippen molar-refractivity contribution in [3.8, 4) is 0 Å². The molecule has 5 heteroatoms. The highest BCUT2D eigenvalue weighted by atomic mass is 16.2. The number of amides is 1. The van der Waals surface area contributed by atoms with Gasteiger partial charge in [0, 0.05) is 13.0 Å². The van der Waals surface area contributed by atoms with Gasteiger partial charge in [-0.1, -0.05) is 30.4 Å². The number of allylic oxidation sites excluding steroid dienone is 1. The van der Waals surface area contributed by atoms with Crippen molar-refractivity contribution < 1.29 is 9.59 Å². The summed E-state index contributed by atoms with van der Waals surface area (Å²) in [5.74, 6) is -0.196. The summed E-state index contributed by atoms with van der Waals surface area (Å²) in [5.41, 5.74) is 1.23. The Hall–Kier alpha value is -2.43. The number of ketones is 1. The summed E-state index contributed by atoms with van der Waals surface area (Å²) in [6.45, 7) is 4.04. The molecule has 22 heavy (non-hydrogen) atoms. The van der Waals surface area contributed by atoms with Crippen LogP contribution in [0.2, 0.25) is 0 Å². The Bertz CT molecular complexity index is 593. The molecule has 116 valence electrons. The minimum Gasteiger partial charge on any atom is -0.351 e. The van der Waals surface area contributed by atoms with Crippen LogP contribution in [0.3, 0.4) is 0 Å². The molecule has 0 radical (unpaired) electrons. The Balaban J connectivity index is 2.09. The molecule has 0 fully saturated rings. The number of carbonyl (C=O) groups is 2. The van der Waals surface area contributed by atoms with Gasteiger partial charge in [-0.2, -0.15) is 5.10 Å². The summed E-state index contributed by atoms with van der Waals surface area (Å²) in [5, 5.41) is 8.83. The maximum atomic E-state index is 12.1. The zero-order valence-corrected chi connectivity index (χ0v) is 13.0. The second-order valence-corrected chi connectivity index (χ2v) is 5.17. The summed E-state index contributed by atoms with van der Waals surface area (Å²) < 4.78 is 0. The number of para-hydroxylation sites is 1. The molecule has 1 aliphatic rings. The van der Waals surface area contributed by atoms with E-state index in [-0.39, 0.29) is 11.7 Å². The molecule has 0 bridgehead atoms. The third-order valence-corrected chi connectivity index (χ3v) is 3.49.